The Morgan fingerprint density at radius 2 is 1.72 bits per heavy atom. The van der Waals surface area contributed by atoms with Crippen molar-refractivity contribution in [2.45, 2.75) is 0 Å². The van der Waals surface area contributed by atoms with Crippen molar-refractivity contribution in [1.82, 2.24) is 4.57 Å². The minimum absolute atomic E-state index is 0.710. The van der Waals surface area contributed by atoms with Gasteiger partial charge in [0.25, 0.3) is 0 Å². The summed E-state index contributed by atoms with van der Waals surface area (Å²) in [5.74, 6) is 0. The molecule has 3 heteroatoms. The molecule has 0 fully saturated rings. The summed E-state index contributed by atoms with van der Waals surface area (Å²) >= 11 is 0. The fourth-order valence-electron chi connectivity index (χ4n) is 2.12. The Hall–Kier alpha value is -2.55. The third-order valence-electron chi connectivity index (χ3n) is 3.00. The van der Waals surface area contributed by atoms with Crippen LogP contribution in [0.15, 0.2) is 60.8 Å². The van der Waals surface area contributed by atoms with E-state index in [9.17, 15) is 4.79 Å². The van der Waals surface area contributed by atoms with E-state index in [1.54, 1.807) is 6.20 Å². The largest absolute Gasteiger partial charge is 0.464 e. The number of aromatic nitrogens is 1. The molecule has 1 heterocycles. The van der Waals surface area contributed by atoms with Crippen LogP contribution in [-0.4, -0.2) is 15.8 Å². The maximum absolute atomic E-state index is 11.0. The van der Waals surface area contributed by atoms with Crippen molar-refractivity contribution in [3.8, 4) is 11.1 Å². The van der Waals surface area contributed by atoms with Crippen LogP contribution in [0.4, 0.5) is 4.79 Å². The number of rotatable bonds is 1. The quantitative estimate of drug-likeness (QED) is 0.698. The zero-order valence-corrected chi connectivity index (χ0v) is 9.58. The molecule has 0 saturated carbocycles. The molecule has 0 unspecified atom stereocenters. The lowest BCUT2D eigenvalue weighted by molar-refractivity contribution is 0.197. The SMILES string of the molecule is O=C(O)n1ccc2cc(-c3ccccc3)ccc21. The minimum Gasteiger partial charge on any atom is -0.464 e. The summed E-state index contributed by atoms with van der Waals surface area (Å²) in [5.41, 5.74) is 2.93. The predicted octanol–water partition coefficient (Wildman–Crippen LogP) is 3.83. The Balaban J connectivity index is 2.16. The van der Waals surface area contributed by atoms with Crippen LogP contribution >= 0.6 is 0 Å². The van der Waals surface area contributed by atoms with E-state index in [-0.39, 0.29) is 0 Å². The van der Waals surface area contributed by atoms with Crippen LogP contribution in [0.3, 0.4) is 0 Å². The molecule has 0 spiro atoms. The summed E-state index contributed by atoms with van der Waals surface area (Å²) < 4.78 is 1.23. The first-order valence-corrected chi connectivity index (χ1v) is 5.65. The fraction of sp³-hybridized carbons (Fsp3) is 0. The highest BCUT2D eigenvalue weighted by molar-refractivity contribution is 5.91. The molecular weight excluding hydrogens is 226 g/mol. The maximum atomic E-state index is 11.0. The highest BCUT2D eigenvalue weighted by atomic mass is 16.4. The molecule has 88 valence electrons. The van der Waals surface area contributed by atoms with Gasteiger partial charge in [-0.15, -0.1) is 0 Å². The second-order valence-corrected chi connectivity index (χ2v) is 4.11. The van der Waals surface area contributed by atoms with Crippen molar-refractivity contribution in [2.24, 2.45) is 0 Å². The second kappa shape index (κ2) is 4.04. The molecule has 0 radical (unpaired) electrons. The summed E-state index contributed by atoms with van der Waals surface area (Å²) in [5, 5.41) is 9.95. The first-order chi connectivity index (χ1) is 8.75. The van der Waals surface area contributed by atoms with E-state index in [0.29, 0.717) is 5.52 Å². The molecule has 1 aromatic heterocycles. The number of carboxylic acid groups (broad SMARTS) is 1. The molecule has 1 N–H and O–H groups in total. The number of carbonyl (C=O) groups is 1. The van der Waals surface area contributed by atoms with Gasteiger partial charge in [-0.25, -0.2) is 4.79 Å². The van der Waals surface area contributed by atoms with Crippen LogP contribution in [0.25, 0.3) is 22.0 Å². The molecule has 0 saturated heterocycles. The van der Waals surface area contributed by atoms with E-state index in [2.05, 4.69) is 0 Å². The van der Waals surface area contributed by atoms with Gasteiger partial charge >= 0.3 is 6.09 Å². The Labute approximate surface area is 104 Å². The zero-order valence-electron chi connectivity index (χ0n) is 9.58. The minimum atomic E-state index is -0.961. The van der Waals surface area contributed by atoms with Crippen molar-refractivity contribution >= 4 is 17.0 Å². The van der Waals surface area contributed by atoms with Gasteiger partial charge in [0, 0.05) is 11.6 Å². The Kier molecular flexibility index (Phi) is 2.38. The van der Waals surface area contributed by atoms with E-state index in [0.717, 1.165) is 16.5 Å². The molecular formula is C15H11NO2. The molecule has 0 amide bonds. The average Bonchev–Trinajstić information content (AvgIpc) is 2.82. The molecule has 18 heavy (non-hydrogen) atoms. The van der Waals surface area contributed by atoms with Gasteiger partial charge in [0.05, 0.1) is 5.52 Å². The van der Waals surface area contributed by atoms with Gasteiger partial charge in [0.15, 0.2) is 0 Å². The lowest BCUT2D eigenvalue weighted by atomic mass is 10.0. The first-order valence-electron chi connectivity index (χ1n) is 5.65. The first kappa shape index (κ1) is 10.6. The van der Waals surface area contributed by atoms with Gasteiger partial charge in [-0.3, -0.25) is 4.57 Å². The standard InChI is InChI=1S/C15H11NO2/c17-15(18)16-9-8-13-10-12(6-7-14(13)16)11-4-2-1-3-5-11/h1-10H,(H,17,18). The maximum Gasteiger partial charge on any atom is 0.415 e. The van der Waals surface area contributed by atoms with Crippen LogP contribution in [0.5, 0.6) is 0 Å². The van der Waals surface area contributed by atoms with Crippen LogP contribution in [0.2, 0.25) is 0 Å². The van der Waals surface area contributed by atoms with Crippen LogP contribution in [-0.2, 0) is 0 Å². The van der Waals surface area contributed by atoms with Crippen molar-refractivity contribution in [3.05, 3.63) is 60.8 Å². The normalized spacial score (nSPS) is 10.7. The predicted molar refractivity (Wildman–Crippen MR) is 70.8 cm³/mol. The highest BCUT2D eigenvalue weighted by Crippen LogP contribution is 2.24. The zero-order chi connectivity index (χ0) is 12.5. The number of nitrogens with zero attached hydrogens (tertiary/aromatic N) is 1. The molecule has 3 nitrogen and oxygen atoms in total. The van der Waals surface area contributed by atoms with Crippen molar-refractivity contribution < 1.29 is 9.90 Å². The van der Waals surface area contributed by atoms with Crippen LogP contribution in [0, 0.1) is 0 Å². The molecule has 0 bridgehead atoms. The third kappa shape index (κ3) is 1.66. The van der Waals surface area contributed by atoms with Crippen molar-refractivity contribution in [2.75, 3.05) is 0 Å². The highest BCUT2D eigenvalue weighted by Gasteiger charge is 2.07. The summed E-state index contributed by atoms with van der Waals surface area (Å²) in [6.45, 7) is 0. The van der Waals surface area contributed by atoms with E-state index in [1.807, 2.05) is 54.6 Å². The molecule has 0 aliphatic rings. The Morgan fingerprint density at radius 3 is 2.44 bits per heavy atom. The Morgan fingerprint density at radius 1 is 0.944 bits per heavy atom. The lowest BCUT2D eigenvalue weighted by Crippen LogP contribution is -2.05. The van der Waals surface area contributed by atoms with Crippen LogP contribution < -0.4 is 0 Å². The number of hydrogen-bond donors (Lipinski definition) is 1. The average molecular weight is 237 g/mol. The van der Waals surface area contributed by atoms with Gasteiger partial charge in [-0.05, 0) is 29.3 Å². The molecule has 0 aliphatic heterocycles. The molecule has 0 aliphatic carbocycles. The molecule has 3 aromatic rings. The topological polar surface area (TPSA) is 42.2 Å². The van der Waals surface area contributed by atoms with E-state index in [1.165, 1.54) is 4.57 Å². The Bertz CT molecular complexity index is 714. The molecule has 3 rings (SSSR count). The van der Waals surface area contributed by atoms with Gasteiger partial charge in [0.1, 0.15) is 0 Å². The van der Waals surface area contributed by atoms with E-state index < -0.39 is 6.09 Å². The number of benzene rings is 2. The third-order valence-corrected chi connectivity index (χ3v) is 3.00. The van der Waals surface area contributed by atoms with E-state index in [4.69, 9.17) is 5.11 Å². The summed E-state index contributed by atoms with van der Waals surface area (Å²) in [6, 6.07) is 17.6. The lowest BCUT2D eigenvalue weighted by Gasteiger charge is -2.02. The summed E-state index contributed by atoms with van der Waals surface area (Å²) in [6.07, 6.45) is 0.611. The molecule has 0 atom stereocenters. The molecule has 2 aromatic carbocycles. The fourth-order valence-corrected chi connectivity index (χ4v) is 2.12. The summed E-state index contributed by atoms with van der Waals surface area (Å²) in [4.78, 5) is 11.0. The van der Waals surface area contributed by atoms with Gasteiger partial charge in [-0.1, -0.05) is 36.4 Å². The monoisotopic (exact) mass is 237 g/mol. The number of fused-ring (bicyclic) bond motifs is 1. The second-order valence-electron chi connectivity index (χ2n) is 4.11. The van der Waals surface area contributed by atoms with Crippen molar-refractivity contribution in [1.29, 1.82) is 0 Å². The van der Waals surface area contributed by atoms with Crippen LogP contribution in [0.1, 0.15) is 0 Å². The summed E-state index contributed by atoms with van der Waals surface area (Å²) in [7, 11) is 0. The van der Waals surface area contributed by atoms with Crippen molar-refractivity contribution in [3.63, 3.8) is 0 Å². The van der Waals surface area contributed by atoms with Gasteiger partial charge < -0.3 is 5.11 Å². The number of hydrogen-bond acceptors (Lipinski definition) is 1. The van der Waals surface area contributed by atoms with E-state index >= 15 is 0 Å². The van der Waals surface area contributed by atoms with Gasteiger partial charge in [0.2, 0.25) is 0 Å². The smallest absolute Gasteiger partial charge is 0.415 e. The van der Waals surface area contributed by atoms with Gasteiger partial charge in [-0.2, -0.15) is 0 Å².